The molecule has 0 fully saturated rings. The van der Waals surface area contributed by atoms with E-state index in [0.717, 1.165) is 0 Å². The normalized spacial score (nSPS) is 13.7. The number of hydrogen-bond acceptors (Lipinski definition) is 5. The van der Waals surface area contributed by atoms with E-state index in [0.29, 0.717) is 5.56 Å². The number of esters is 1. The van der Waals surface area contributed by atoms with Gasteiger partial charge in [-0.15, -0.1) is 0 Å². The van der Waals surface area contributed by atoms with Gasteiger partial charge in [0.1, 0.15) is 0 Å². The molecular weight excluding hydrogens is 313 g/mol. The van der Waals surface area contributed by atoms with Crippen molar-refractivity contribution in [2.45, 2.75) is 25.0 Å². The molecule has 9 heteroatoms. The van der Waals surface area contributed by atoms with Crippen molar-refractivity contribution in [2.24, 2.45) is 0 Å². The molecule has 21 heavy (non-hydrogen) atoms. The van der Waals surface area contributed by atoms with Crippen LogP contribution >= 0.6 is 0 Å². The fourth-order valence-corrected chi connectivity index (χ4v) is 1.99. The van der Waals surface area contributed by atoms with Crippen LogP contribution in [0.3, 0.4) is 0 Å². The topological polar surface area (TPSA) is 69.7 Å². The molecule has 0 saturated carbocycles. The quantitative estimate of drug-likeness (QED) is 0.454. The molecule has 0 aliphatic rings. The minimum atomic E-state index is -5.88. The van der Waals surface area contributed by atoms with Gasteiger partial charge < -0.3 is 4.74 Å². The lowest BCUT2D eigenvalue weighted by atomic mass is 10.1. The second-order valence-corrected chi connectivity index (χ2v) is 5.49. The van der Waals surface area contributed by atoms with E-state index in [9.17, 15) is 26.4 Å². The van der Waals surface area contributed by atoms with Gasteiger partial charge in [-0.1, -0.05) is 30.3 Å². The van der Waals surface area contributed by atoms with Crippen molar-refractivity contribution in [3.63, 3.8) is 0 Å². The highest BCUT2D eigenvalue weighted by Crippen LogP contribution is 2.26. The third-order valence-electron chi connectivity index (χ3n) is 2.34. The van der Waals surface area contributed by atoms with Gasteiger partial charge in [-0.3, -0.25) is 0 Å². The number of ether oxygens (including phenoxy) is 1. The van der Waals surface area contributed by atoms with Gasteiger partial charge >= 0.3 is 21.6 Å². The average molecular weight is 326 g/mol. The van der Waals surface area contributed by atoms with Crippen LogP contribution in [0.4, 0.5) is 13.2 Å². The Morgan fingerprint density at radius 1 is 1.24 bits per heavy atom. The van der Waals surface area contributed by atoms with Gasteiger partial charge in [-0.2, -0.15) is 21.6 Å². The fourth-order valence-electron chi connectivity index (χ4n) is 1.43. The minimum absolute atomic E-state index is 0.112. The monoisotopic (exact) mass is 326 g/mol. The molecule has 1 aromatic carbocycles. The van der Waals surface area contributed by atoms with Gasteiger partial charge in [0.2, 0.25) is 0 Å². The first-order chi connectivity index (χ1) is 9.67. The van der Waals surface area contributed by atoms with Crippen LogP contribution in [0, 0.1) is 0 Å². The van der Waals surface area contributed by atoms with Crippen LogP contribution < -0.4 is 0 Å². The van der Waals surface area contributed by atoms with E-state index in [1.807, 2.05) is 0 Å². The van der Waals surface area contributed by atoms with E-state index in [2.05, 4.69) is 8.92 Å². The first-order valence-electron chi connectivity index (χ1n) is 5.87. The second-order valence-electron chi connectivity index (χ2n) is 3.93. The highest BCUT2D eigenvalue weighted by Gasteiger charge is 2.49. The van der Waals surface area contributed by atoms with E-state index in [-0.39, 0.29) is 13.0 Å². The Morgan fingerprint density at radius 3 is 2.29 bits per heavy atom. The highest BCUT2D eigenvalue weighted by molar-refractivity contribution is 7.87. The maximum atomic E-state index is 12.3. The third-order valence-corrected chi connectivity index (χ3v) is 3.39. The lowest BCUT2D eigenvalue weighted by molar-refractivity contribution is -0.152. The number of alkyl halides is 3. The number of hydrogen-bond donors (Lipinski definition) is 0. The molecule has 0 bridgehead atoms. The summed E-state index contributed by atoms with van der Waals surface area (Å²) in [5.74, 6) is -1.17. The standard InChI is InChI=1S/C12H13F3O5S/c1-2-19-11(16)10(8-9-6-4-3-5-7-9)20-21(17,18)12(13,14)15/h3-7,10H,2,8H2,1H3. The van der Waals surface area contributed by atoms with Crippen LogP contribution in [-0.2, 0) is 30.3 Å². The lowest BCUT2D eigenvalue weighted by Gasteiger charge is -2.17. The zero-order chi connectivity index (χ0) is 16.1. The van der Waals surface area contributed by atoms with Gasteiger partial charge in [-0.25, -0.2) is 8.98 Å². The molecular formula is C12H13F3O5S. The second kappa shape index (κ2) is 6.90. The largest absolute Gasteiger partial charge is 0.523 e. The summed E-state index contributed by atoms with van der Waals surface area (Å²) in [5.41, 5.74) is -5.16. The molecule has 1 atom stereocenters. The van der Waals surface area contributed by atoms with Crippen LogP contribution in [0.2, 0.25) is 0 Å². The SMILES string of the molecule is CCOC(=O)C(Cc1ccccc1)OS(=O)(=O)C(F)(F)F. The zero-order valence-corrected chi connectivity index (χ0v) is 11.8. The van der Waals surface area contributed by atoms with Crippen molar-refractivity contribution >= 4 is 16.1 Å². The molecule has 5 nitrogen and oxygen atoms in total. The molecule has 0 saturated heterocycles. The number of rotatable bonds is 6. The van der Waals surface area contributed by atoms with Crippen LogP contribution in [0.1, 0.15) is 12.5 Å². The molecule has 118 valence electrons. The molecule has 0 spiro atoms. The Balaban J connectivity index is 2.96. The molecule has 0 aromatic heterocycles. The molecule has 1 aromatic rings. The number of benzene rings is 1. The molecule has 1 rings (SSSR count). The average Bonchev–Trinajstić information content (AvgIpc) is 2.38. The molecule has 0 heterocycles. The van der Waals surface area contributed by atoms with E-state index in [1.54, 1.807) is 18.2 Å². The lowest BCUT2D eigenvalue weighted by Crippen LogP contribution is -2.36. The molecule has 0 aliphatic carbocycles. The van der Waals surface area contributed by atoms with Crippen molar-refractivity contribution in [1.82, 2.24) is 0 Å². The summed E-state index contributed by atoms with van der Waals surface area (Å²) in [6.07, 6.45) is -2.24. The fraction of sp³-hybridized carbons (Fsp3) is 0.417. The Bertz CT molecular complexity index is 568. The maximum absolute atomic E-state index is 12.3. The maximum Gasteiger partial charge on any atom is 0.523 e. The van der Waals surface area contributed by atoms with E-state index in [4.69, 9.17) is 0 Å². The van der Waals surface area contributed by atoms with E-state index >= 15 is 0 Å². The van der Waals surface area contributed by atoms with Gasteiger partial charge in [-0.05, 0) is 12.5 Å². The Hall–Kier alpha value is -1.61. The Morgan fingerprint density at radius 2 is 1.81 bits per heavy atom. The smallest absolute Gasteiger partial charge is 0.464 e. The molecule has 0 radical (unpaired) electrons. The van der Waals surface area contributed by atoms with Crippen molar-refractivity contribution in [3.8, 4) is 0 Å². The molecule has 0 N–H and O–H groups in total. The van der Waals surface area contributed by atoms with Crippen LogP contribution in [0.25, 0.3) is 0 Å². The zero-order valence-electron chi connectivity index (χ0n) is 11.0. The van der Waals surface area contributed by atoms with E-state index in [1.165, 1.54) is 19.1 Å². The van der Waals surface area contributed by atoms with Crippen molar-refractivity contribution < 1.29 is 35.3 Å². The summed E-state index contributed by atoms with van der Waals surface area (Å²) < 4.78 is 67.5. The Labute approximate surface area is 119 Å². The number of carbonyl (C=O) groups excluding carboxylic acids is 1. The predicted octanol–water partition coefficient (Wildman–Crippen LogP) is 2.03. The van der Waals surface area contributed by atoms with Crippen molar-refractivity contribution in [2.75, 3.05) is 6.61 Å². The van der Waals surface area contributed by atoms with Gasteiger partial charge in [0.15, 0.2) is 6.10 Å². The summed E-state index contributed by atoms with van der Waals surface area (Å²) in [6, 6.07) is 7.90. The highest BCUT2D eigenvalue weighted by atomic mass is 32.2. The summed E-state index contributed by atoms with van der Waals surface area (Å²) in [7, 11) is -5.88. The summed E-state index contributed by atoms with van der Waals surface area (Å²) in [4.78, 5) is 11.6. The number of carbonyl (C=O) groups is 1. The van der Waals surface area contributed by atoms with Gasteiger partial charge in [0, 0.05) is 6.42 Å². The van der Waals surface area contributed by atoms with Crippen molar-refractivity contribution in [3.05, 3.63) is 35.9 Å². The van der Waals surface area contributed by atoms with Crippen LogP contribution in [-0.4, -0.2) is 32.6 Å². The summed E-state index contributed by atoms with van der Waals surface area (Å²) >= 11 is 0. The number of halogens is 3. The molecule has 0 aliphatic heterocycles. The van der Waals surface area contributed by atoms with Gasteiger partial charge in [0.05, 0.1) is 6.61 Å². The van der Waals surface area contributed by atoms with E-state index < -0.39 is 27.7 Å². The molecule has 0 amide bonds. The Kier molecular flexibility index (Phi) is 5.73. The third kappa shape index (κ3) is 5.01. The summed E-state index contributed by atoms with van der Waals surface area (Å²) in [6.45, 7) is 1.33. The first kappa shape index (κ1) is 17.4. The molecule has 1 unspecified atom stereocenters. The van der Waals surface area contributed by atoms with Crippen LogP contribution in [0.15, 0.2) is 30.3 Å². The van der Waals surface area contributed by atoms with Crippen molar-refractivity contribution in [1.29, 1.82) is 0 Å². The first-order valence-corrected chi connectivity index (χ1v) is 7.28. The minimum Gasteiger partial charge on any atom is -0.464 e. The summed E-state index contributed by atoms with van der Waals surface area (Å²) in [5, 5.41) is 0. The van der Waals surface area contributed by atoms with Gasteiger partial charge in [0.25, 0.3) is 0 Å². The predicted molar refractivity (Wildman–Crippen MR) is 66.6 cm³/mol. The van der Waals surface area contributed by atoms with Crippen LogP contribution in [0.5, 0.6) is 0 Å².